The number of carbonyl (C=O) groups is 3. The van der Waals surface area contributed by atoms with Crippen molar-refractivity contribution in [1.82, 2.24) is 9.37 Å². The number of carbonyl (C=O) groups excluding carboxylic acids is 3. The van der Waals surface area contributed by atoms with E-state index in [0.29, 0.717) is 18.2 Å². The first-order chi connectivity index (χ1) is 13.8. The van der Waals surface area contributed by atoms with Crippen molar-refractivity contribution in [2.75, 3.05) is 13.1 Å². The standard InChI is InChI=1S/C19H15ClN2O6S/c20-16-8-7-12(29(26,27)21-9-3-4-10-21)11-15(16)19(25)28-22-17(23)13-5-1-2-6-14(13)18(22)24/h1-2,5-8,11H,3-4,9-10H2. The van der Waals surface area contributed by atoms with Crippen molar-refractivity contribution >= 4 is 39.4 Å². The van der Waals surface area contributed by atoms with Crippen LogP contribution in [0.3, 0.4) is 0 Å². The Balaban J connectivity index is 1.61. The average Bonchev–Trinajstić information content (AvgIpc) is 3.33. The van der Waals surface area contributed by atoms with Crippen molar-refractivity contribution in [3.05, 3.63) is 64.2 Å². The summed E-state index contributed by atoms with van der Waals surface area (Å²) in [5.74, 6) is -2.67. The van der Waals surface area contributed by atoms with Gasteiger partial charge in [-0.25, -0.2) is 13.2 Å². The summed E-state index contributed by atoms with van der Waals surface area (Å²) in [6.07, 6.45) is 1.53. The Kier molecular flexibility index (Phi) is 4.89. The van der Waals surface area contributed by atoms with Gasteiger partial charge in [0.2, 0.25) is 10.0 Å². The summed E-state index contributed by atoms with van der Waals surface area (Å²) in [5.41, 5.74) is -0.0352. The third kappa shape index (κ3) is 3.31. The lowest BCUT2D eigenvalue weighted by Gasteiger charge is -2.17. The van der Waals surface area contributed by atoms with Crippen molar-refractivity contribution in [3.8, 4) is 0 Å². The fraction of sp³-hybridized carbons (Fsp3) is 0.211. The molecule has 4 rings (SSSR count). The quantitative estimate of drug-likeness (QED) is 0.685. The van der Waals surface area contributed by atoms with Crippen LogP contribution in [0, 0.1) is 0 Å². The maximum atomic E-state index is 12.7. The van der Waals surface area contributed by atoms with E-state index in [-0.39, 0.29) is 26.6 Å². The van der Waals surface area contributed by atoms with Gasteiger partial charge in [0, 0.05) is 13.1 Å². The molecule has 0 N–H and O–H groups in total. The van der Waals surface area contributed by atoms with Crippen LogP contribution in [0.5, 0.6) is 0 Å². The summed E-state index contributed by atoms with van der Waals surface area (Å²) in [6.45, 7) is 0.805. The summed E-state index contributed by atoms with van der Waals surface area (Å²) in [7, 11) is -3.78. The minimum absolute atomic E-state index is 0.0630. The smallest absolute Gasteiger partial charge is 0.324 e. The Morgan fingerprint density at radius 1 is 0.966 bits per heavy atom. The number of nitrogens with zero attached hydrogens (tertiary/aromatic N) is 2. The molecule has 0 radical (unpaired) electrons. The highest BCUT2D eigenvalue weighted by Gasteiger charge is 2.39. The summed E-state index contributed by atoms with van der Waals surface area (Å²) >= 11 is 6.05. The molecular formula is C19H15ClN2O6S. The van der Waals surface area contributed by atoms with E-state index >= 15 is 0 Å². The Labute approximate surface area is 171 Å². The first-order valence-corrected chi connectivity index (χ1v) is 10.6. The maximum absolute atomic E-state index is 12.7. The van der Waals surface area contributed by atoms with Gasteiger partial charge in [-0.2, -0.15) is 4.31 Å². The lowest BCUT2D eigenvalue weighted by atomic mass is 10.1. The van der Waals surface area contributed by atoms with Crippen LogP contribution in [-0.4, -0.2) is 48.7 Å². The molecule has 8 nitrogen and oxygen atoms in total. The molecule has 1 fully saturated rings. The van der Waals surface area contributed by atoms with E-state index in [4.69, 9.17) is 16.4 Å². The number of benzene rings is 2. The first kappa shape index (κ1) is 19.6. The van der Waals surface area contributed by atoms with Crippen LogP contribution in [0.1, 0.15) is 43.9 Å². The highest BCUT2D eigenvalue weighted by atomic mass is 35.5. The molecule has 0 bridgehead atoms. The van der Waals surface area contributed by atoms with Crippen LogP contribution in [0.4, 0.5) is 0 Å². The van der Waals surface area contributed by atoms with Crippen molar-refractivity contribution in [3.63, 3.8) is 0 Å². The number of hydrogen-bond donors (Lipinski definition) is 0. The molecule has 10 heteroatoms. The lowest BCUT2D eigenvalue weighted by molar-refractivity contribution is -0.0584. The molecule has 0 atom stereocenters. The fourth-order valence-electron chi connectivity index (χ4n) is 3.28. The van der Waals surface area contributed by atoms with Crippen LogP contribution in [0.25, 0.3) is 0 Å². The highest BCUT2D eigenvalue weighted by Crippen LogP contribution is 2.28. The molecule has 0 aromatic heterocycles. The second kappa shape index (κ2) is 7.25. The summed E-state index contributed by atoms with van der Waals surface area (Å²) < 4.78 is 26.8. The van der Waals surface area contributed by atoms with Gasteiger partial charge in [-0.1, -0.05) is 28.8 Å². The Hall–Kier alpha value is -2.75. The number of halogens is 1. The molecule has 1 saturated heterocycles. The molecule has 2 aliphatic rings. The van der Waals surface area contributed by atoms with Gasteiger partial charge in [-0.3, -0.25) is 9.59 Å². The average molecular weight is 435 g/mol. The Bertz CT molecular complexity index is 1110. The SMILES string of the molecule is O=C(ON1C(=O)c2ccccc2C1=O)c1cc(S(=O)(=O)N2CCCC2)ccc1Cl. The number of amides is 2. The normalized spacial score (nSPS) is 16.9. The van der Waals surface area contributed by atoms with Gasteiger partial charge in [-0.15, -0.1) is 0 Å². The van der Waals surface area contributed by atoms with E-state index in [0.717, 1.165) is 18.9 Å². The monoisotopic (exact) mass is 434 g/mol. The molecule has 2 amide bonds. The largest absolute Gasteiger partial charge is 0.365 e. The third-order valence-corrected chi connectivity index (χ3v) is 7.02. The molecule has 0 spiro atoms. The minimum Gasteiger partial charge on any atom is -0.324 e. The number of fused-ring (bicyclic) bond motifs is 1. The lowest BCUT2D eigenvalue weighted by Crippen LogP contribution is -2.33. The first-order valence-electron chi connectivity index (χ1n) is 8.80. The van der Waals surface area contributed by atoms with Gasteiger partial charge in [-0.05, 0) is 43.2 Å². The molecule has 29 heavy (non-hydrogen) atoms. The number of sulfonamides is 1. The van der Waals surface area contributed by atoms with E-state index in [1.165, 1.54) is 28.6 Å². The molecule has 2 heterocycles. The summed E-state index contributed by atoms with van der Waals surface area (Å²) in [6, 6.07) is 9.71. The zero-order valence-electron chi connectivity index (χ0n) is 15.0. The van der Waals surface area contributed by atoms with Gasteiger partial charge in [0.15, 0.2) is 0 Å². The summed E-state index contributed by atoms with van der Waals surface area (Å²) in [4.78, 5) is 42.2. The van der Waals surface area contributed by atoms with Gasteiger partial charge in [0.25, 0.3) is 11.8 Å². The molecule has 150 valence electrons. The predicted octanol–water partition coefficient (Wildman–Crippen LogP) is 2.49. The van der Waals surface area contributed by atoms with E-state index in [1.807, 2.05) is 0 Å². The molecular weight excluding hydrogens is 420 g/mol. The van der Waals surface area contributed by atoms with E-state index in [2.05, 4.69) is 0 Å². The van der Waals surface area contributed by atoms with E-state index in [9.17, 15) is 22.8 Å². The van der Waals surface area contributed by atoms with E-state index < -0.39 is 27.8 Å². The molecule has 2 aromatic rings. The van der Waals surface area contributed by atoms with Crippen molar-refractivity contribution in [2.45, 2.75) is 17.7 Å². The predicted molar refractivity (Wildman–Crippen MR) is 102 cm³/mol. The number of rotatable bonds is 4. The molecule has 2 aromatic carbocycles. The van der Waals surface area contributed by atoms with Gasteiger partial charge in [0.1, 0.15) is 0 Å². The van der Waals surface area contributed by atoms with Crippen LogP contribution < -0.4 is 0 Å². The van der Waals surface area contributed by atoms with Crippen molar-refractivity contribution in [1.29, 1.82) is 0 Å². The van der Waals surface area contributed by atoms with Crippen molar-refractivity contribution < 1.29 is 27.6 Å². The van der Waals surface area contributed by atoms with Gasteiger partial charge in [0.05, 0.1) is 26.6 Å². The number of hydroxylamine groups is 2. The van der Waals surface area contributed by atoms with E-state index in [1.54, 1.807) is 12.1 Å². The van der Waals surface area contributed by atoms with Crippen LogP contribution >= 0.6 is 11.6 Å². The zero-order valence-corrected chi connectivity index (χ0v) is 16.6. The molecule has 2 aliphatic heterocycles. The fourth-order valence-corrected chi connectivity index (χ4v) is 5.02. The maximum Gasteiger partial charge on any atom is 0.365 e. The number of imide groups is 1. The Morgan fingerprint density at radius 2 is 1.55 bits per heavy atom. The molecule has 0 saturated carbocycles. The second-order valence-electron chi connectivity index (χ2n) is 6.58. The van der Waals surface area contributed by atoms with Gasteiger partial charge < -0.3 is 4.84 Å². The Morgan fingerprint density at radius 3 is 2.14 bits per heavy atom. The number of hydrogen-bond acceptors (Lipinski definition) is 6. The van der Waals surface area contributed by atoms with Gasteiger partial charge >= 0.3 is 5.97 Å². The van der Waals surface area contributed by atoms with Crippen molar-refractivity contribution in [2.24, 2.45) is 0 Å². The minimum atomic E-state index is -3.78. The van der Waals surface area contributed by atoms with Crippen LogP contribution in [0.15, 0.2) is 47.4 Å². The summed E-state index contributed by atoms with van der Waals surface area (Å²) in [5, 5.41) is 0.289. The zero-order chi connectivity index (χ0) is 20.8. The molecule has 0 aliphatic carbocycles. The topological polar surface area (TPSA) is 101 Å². The molecule has 0 unspecified atom stereocenters. The third-order valence-electron chi connectivity index (χ3n) is 4.79. The van der Waals surface area contributed by atoms with Crippen LogP contribution in [0.2, 0.25) is 5.02 Å². The second-order valence-corrected chi connectivity index (χ2v) is 8.93. The van der Waals surface area contributed by atoms with Crippen LogP contribution in [-0.2, 0) is 14.9 Å². The highest BCUT2D eigenvalue weighted by molar-refractivity contribution is 7.89.